The smallest absolute Gasteiger partial charge is 0.266 e. The highest BCUT2D eigenvalue weighted by molar-refractivity contribution is 7.90. The summed E-state index contributed by atoms with van der Waals surface area (Å²) in [5, 5.41) is 15.2. The van der Waals surface area contributed by atoms with Gasteiger partial charge in [0.15, 0.2) is 11.4 Å². The molecule has 31 heavy (non-hydrogen) atoms. The molecule has 0 radical (unpaired) electrons. The van der Waals surface area contributed by atoms with Gasteiger partial charge in [0, 0.05) is 5.02 Å². The molecule has 0 atom stereocenters. The first-order valence-corrected chi connectivity index (χ1v) is 9.86. The number of carbonyl (C=O) groups excluding carboxylic acids is 1. The van der Waals surface area contributed by atoms with E-state index < -0.39 is 49.9 Å². The van der Waals surface area contributed by atoms with Gasteiger partial charge in [0.05, 0.1) is 16.5 Å². The molecule has 1 aromatic heterocycles. The maximum Gasteiger partial charge on any atom is 0.435 e. The van der Waals surface area contributed by atoms with Crippen molar-refractivity contribution in [3.8, 4) is 11.8 Å². The standard InChI is InChI=1S/C17H8ClF4N5O3S/c18-10-2-4-11(5-3-10)31(29,30)25-16(28)14-15(17(20,21)22)27(26-24-14)13-6-1-9(8-23)7-12(13)19/h1-7H,(H,25,28). The number of alkyl halides is 3. The molecule has 3 aromatic rings. The number of amides is 1. The Morgan fingerprint density at radius 1 is 1.16 bits per heavy atom. The predicted molar refractivity (Wildman–Crippen MR) is 97.1 cm³/mol. The quantitative estimate of drug-likeness (QED) is 0.582. The van der Waals surface area contributed by atoms with Crippen LogP contribution in [0.4, 0.5) is 17.6 Å². The number of nitrogens with one attached hydrogen (secondary N) is 1. The third kappa shape index (κ3) is 4.49. The van der Waals surface area contributed by atoms with Crippen LogP contribution in [-0.4, -0.2) is 29.3 Å². The van der Waals surface area contributed by atoms with Crippen molar-refractivity contribution in [2.24, 2.45) is 0 Å². The molecule has 0 unspecified atom stereocenters. The van der Waals surface area contributed by atoms with Crippen molar-refractivity contribution in [1.82, 2.24) is 19.7 Å². The minimum absolute atomic E-state index is 0.000308. The number of hydrogen-bond donors (Lipinski definition) is 1. The van der Waals surface area contributed by atoms with Crippen molar-refractivity contribution in [3.63, 3.8) is 0 Å². The van der Waals surface area contributed by atoms with Crippen LogP contribution in [0.15, 0.2) is 47.4 Å². The fourth-order valence-corrected chi connectivity index (χ4v) is 3.53. The normalized spacial score (nSPS) is 11.7. The number of aromatic nitrogens is 3. The Kier molecular flexibility index (Phi) is 5.70. The van der Waals surface area contributed by atoms with Crippen LogP contribution in [0.5, 0.6) is 0 Å². The summed E-state index contributed by atoms with van der Waals surface area (Å²) in [6, 6.07) is 8.62. The van der Waals surface area contributed by atoms with Crippen LogP contribution in [0.25, 0.3) is 5.69 Å². The first-order valence-electron chi connectivity index (χ1n) is 7.99. The van der Waals surface area contributed by atoms with E-state index in [0.29, 0.717) is 6.07 Å². The van der Waals surface area contributed by atoms with Crippen LogP contribution in [0.1, 0.15) is 21.7 Å². The van der Waals surface area contributed by atoms with Crippen LogP contribution >= 0.6 is 11.6 Å². The Morgan fingerprint density at radius 2 is 1.81 bits per heavy atom. The van der Waals surface area contributed by atoms with E-state index >= 15 is 0 Å². The zero-order valence-corrected chi connectivity index (χ0v) is 16.4. The van der Waals surface area contributed by atoms with Gasteiger partial charge in [0.2, 0.25) is 0 Å². The van der Waals surface area contributed by atoms with Gasteiger partial charge in [0.25, 0.3) is 15.9 Å². The summed E-state index contributed by atoms with van der Waals surface area (Å²) in [5.74, 6) is -2.97. The zero-order valence-electron chi connectivity index (χ0n) is 14.9. The van der Waals surface area contributed by atoms with Gasteiger partial charge < -0.3 is 0 Å². The molecular formula is C17H8ClF4N5O3S. The molecule has 0 saturated carbocycles. The Hall–Kier alpha value is -3.50. The van der Waals surface area contributed by atoms with E-state index in [4.69, 9.17) is 16.9 Å². The summed E-state index contributed by atoms with van der Waals surface area (Å²) in [6.07, 6.45) is -5.26. The molecule has 0 saturated heterocycles. The average Bonchev–Trinajstić information content (AvgIpc) is 3.13. The molecule has 0 fully saturated rings. The van der Waals surface area contributed by atoms with E-state index in [1.807, 2.05) is 0 Å². The van der Waals surface area contributed by atoms with Gasteiger partial charge in [-0.15, -0.1) is 5.10 Å². The first-order chi connectivity index (χ1) is 14.4. The monoisotopic (exact) mass is 473 g/mol. The first kappa shape index (κ1) is 22.2. The number of hydrogen-bond acceptors (Lipinski definition) is 6. The largest absolute Gasteiger partial charge is 0.435 e. The fraction of sp³-hybridized carbons (Fsp3) is 0.0588. The minimum Gasteiger partial charge on any atom is -0.266 e. The van der Waals surface area contributed by atoms with E-state index in [1.54, 1.807) is 6.07 Å². The number of carbonyl (C=O) groups is 1. The van der Waals surface area contributed by atoms with Crippen molar-refractivity contribution in [2.45, 2.75) is 11.1 Å². The molecule has 1 amide bonds. The van der Waals surface area contributed by atoms with Gasteiger partial charge in [-0.25, -0.2) is 22.2 Å². The lowest BCUT2D eigenvalue weighted by Gasteiger charge is -2.12. The fourth-order valence-electron chi connectivity index (χ4n) is 2.45. The second-order valence-electron chi connectivity index (χ2n) is 5.86. The molecule has 1 N–H and O–H groups in total. The van der Waals surface area contributed by atoms with Crippen molar-refractivity contribution in [3.05, 3.63) is 70.3 Å². The lowest BCUT2D eigenvalue weighted by molar-refractivity contribution is -0.143. The number of rotatable bonds is 4. The third-order valence-electron chi connectivity index (χ3n) is 3.81. The van der Waals surface area contributed by atoms with Crippen molar-refractivity contribution < 1.29 is 30.8 Å². The molecule has 0 aliphatic heterocycles. The lowest BCUT2D eigenvalue weighted by atomic mass is 10.2. The van der Waals surface area contributed by atoms with E-state index in [2.05, 4.69) is 10.3 Å². The molecule has 0 aliphatic rings. The molecule has 8 nitrogen and oxygen atoms in total. The summed E-state index contributed by atoms with van der Waals surface area (Å²) in [6.45, 7) is 0. The van der Waals surface area contributed by atoms with Crippen LogP contribution in [-0.2, 0) is 16.2 Å². The molecule has 0 aliphatic carbocycles. The van der Waals surface area contributed by atoms with Gasteiger partial charge in [0.1, 0.15) is 11.5 Å². The zero-order chi connectivity index (χ0) is 23.0. The molecule has 14 heteroatoms. The Morgan fingerprint density at radius 3 is 2.35 bits per heavy atom. The topological polar surface area (TPSA) is 118 Å². The summed E-state index contributed by atoms with van der Waals surface area (Å²) >= 11 is 5.65. The molecule has 0 bridgehead atoms. The highest BCUT2D eigenvalue weighted by atomic mass is 35.5. The molecule has 0 spiro atoms. The number of halogens is 5. The SMILES string of the molecule is N#Cc1ccc(-n2nnc(C(=O)NS(=O)(=O)c3ccc(Cl)cc3)c2C(F)(F)F)c(F)c1. The summed E-state index contributed by atoms with van der Waals surface area (Å²) < 4.78 is 81.2. The summed E-state index contributed by atoms with van der Waals surface area (Å²) in [7, 11) is -4.57. The molecule has 160 valence electrons. The highest BCUT2D eigenvalue weighted by Crippen LogP contribution is 2.33. The van der Waals surface area contributed by atoms with E-state index in [0.717, 1.165) is 24.3 Å². The number of nitriles is 1. The predicted octanol–water partition coefficient (Wildman–Crippen LogP) is 3.07. The van der Waals surface area contributed by atoms with Crippen LogP contribution in [0, 0.1) is 17.1 Å². The van der Waals surface area contributed by atoms with Crippen LogP contribution < -0.4 is 4.72 Å². The minimum atomic E-state index is -5.26. The summed E-state index contributed by atoms with van der Waals surface area (Å²) in [5.41, 5.74) is -4.12. The van der Waals surface area contributed by atoms with Gasteiger partial charge in [-0.1, -0.05) is 16.8 Å². The van der Waals surface area contributed by atoms with Crippen molar-refractivity contribution >= 4 is 27.5 Å². The highest BCUT2D eigenvalue weighted by Gasteiger charge is 2.43. The second-order valence-corrected chi connectivity index (χ2v) is 7.98. The van der Waals surface area contributed by atoms with Crippen molar-refractivity contribution in [2.75, 3.05) is 0 Å². The van der Waals surface area contributed by atoms with E-state index in [-0.39, 0.29) is 15.3 Å². The van der Waals surface area contributed by atoms with Crippen molar-refractivity contribution in [1.29, 1.82) is 5.26 Å². The van der Waals surface area contributed by atoms with Gasteiger partial charge >= 0.3 is 6.18 Å². The number of sulfonamides is 1. The molecule has 1 heterocycles. The van der Waals surface area contributed by atoms with E-state index in [9.17, 15) is 30.8 Å². The maximum absolute atomic E-state index is 14.2. The molecule has 3 rings (SSSR count). The Balaban J connectivity index is 2.05. The average molecular weight is 474 g/mol. The van der Waals surface area contributed by atoms with Gasteiger partial charge in [-0.2, -0.15) is 18.4 Å². The molecular weight excluding hydrogens is 466 g/mol. The number of benzene rings is 2. The Bertz CT molecular complexity index is 1320. The van der Waals surface area contributed by atoms with Crippen LogP contribution in [0.2, 0.25) is 5.02 Å². The van der Waals surface area contributed by atoms with Crippen LogP contribution in [0.3, 0.4) is 0 Å². The number of nitrogens with zero attached hydrogens (tertiary/aromatic N) is 4. The van der Waals surface area contributed by atoms with Gasteiger partial charge in [-0.3, -0.25) is 4.79 Å². The maximum atomic E-state index is 14.2. The summed E-state index contributed by atoms with van der Waals surface area (Å²) in [4.78, 5) is 11.9. The second kappa shape index (κ2) is 7.97. The molecule has 2 aromatic carbocycles. The van der Waals surface area contributed by atoms with Gasteiger partial charge in [-0.05, 0) is 42.5 Å². The third-order valence-corrected chi connectivity index (χ3v) is 5.41. The van der Waals surface area contributed by atoms with E-state index in [1.165, 1.54) is 16.9 Å². The Labute approximate surface area is 176 Å². The lowest BCUT2D eigenvalue weighted by Crippen LogP contribution is -2.32.